The quantitative estimate of drug-likeness (QED) is 0.395. The van der Waals surface area contributed by atoms with Gasteiger partial charge in [-0.3, -0.25) is 20.2 Å². The normalized spacial score (nSPS) is 18.3. The lowest BCUT2D eigenvalue weighted by molar-refractivity contribution is -0.385. The van der Waals surface area contributed by atoms with Gasteiger partial charge in [0.25, 0.3) is 11.4 Å². The van der Waals surface area contributed by atoms with Crippen molar-refractivity contribution in [3.8, 4) is 0 Å². The average molecular weight is 414 g/mol. The van der Waals surface area contributed by atoms with Crippen molar-refractivity contribution in [2.45, 2.75) is 37.9 Å². The number of benzene rings is 2. The Morgan fingerprint density at radius 2 is 1.03 bits per heavy atom. The number of non-ortho nitro benzene ring substituents is 2. The van der Waals surface area contributed by atoms with Crippen molar-refractivity contribution < 1.29 is 28.9 Å². The Labute approximate surface area is 170 Å². The van der Waals surface area contributed by atoms with Gasteiger partial charge in [-0.05, 0) is 49.9 Å². The number of rotatable bonds is 6. The van der Waals surface area contributed by atoms with Gasteiger partial charge in [-0.15, -0.1) is 0 Å². The summed E-state index contributed by atoms with van der Waals surface area (Å²) in [6.45, 7) is 0. The predicted octanol–water partition coefficient (Wildman–Crippen LogP) is 3.83. The molecule has 2 atom stereocenters. The van der Waals surface area contributed by atoms with Gasteiger partial charge in [0.1, 0.15) is 12.2 Å². The highest BCUT2D eigenvalue weighted by molar-refractivity contribution is 5.90. The highest BCUT2D eigenvalue weighted by atomic mass is 16.6. The SMILES string of the molecule is O=C(OC1CCCCC1OC(=O)c1ccc([N+](=O)[O-])cc1)c1ccc([N+](=O)[O-])cc1. The summed E-state index contributed by atoms with van der Waals surface area (Å²) in [5.41, 5.74) is 0.0384. The molecule has 10 nitrogen and oxygen atoms in total. The fourth-order valence-electron chi connectivity index (χ4n) is 3.18. The number of esters is 2. The molecule has 0 N–H and O–H groups in total. The number of hydrogen-bond acceptors (Lipinski definition) is 8. The maximum Gasteiger partial charge on any atom is 0.338 e. The Morgan fingerprint density at radius 3 is 1.33 bits per heavy atom. The first-order valence-corrected chi connectivity index (χ1v) is 9.26. The molecule has 0 aliphatic heterocycles. The Bertz CT molecular complexity index is 876. The number of carbonyl (C=O) groups is 2. The van der Waals surface area contributed by atoms with E-state index in [1.165, 1.54) is 48.5 Å². The predicted molar refractivity (Wildman–Crippen MR) is 103 cm³/mol. The van der Waals surface area contributed by atoms with Crippen LogP contribution in [0.25, 0.3) is 0 Å². The number of nitro benzene ring substituents is 2. The second-order valence-corrected chi connectivity index (χ2v) is 6.78. The molecule has 2 aromatic carbocycles. The van der Waals surface area contributed by atoms with Gasteiger partial charge in [0.2, 0.25) is 0 Å². The molecule has 1 aliphatic carbocycles. The maximum absolute atomic E-state index is 12.4. The minimum Gasteiger partial charge on any atom is -0.455 e. The van der Waals surface area contributed by atoms with Crippen molar-refractivity contribution in [3.63, 3.8) is 0 Å². The lowest BCUT2D eigenvalue weighted by Crippen LogP contribution is -2.37. The molecule has 2 unspecified atom stereocenters. The zero-order chi connectivity index (χ0) is 21.7. The van der Waals surface area contributed by atoms with Gasteiger partial charge >= 0.3 is 11.9 Å². The summed E-state index contributed by atoms with van der Waals surface area (Å²) < 4.78 is 11.0. The van der Waals surface area contributed by atoms with Crippen molar-refractivity contribution in [1.82, 2.24) is 0 Å². The standard InChI is InChI=1S/C20H18N2O8/c23-19(13-5-9-15(10-6-13)21(25)26)29-17-3-1-2-4-18(17)30-20(24)14-7-11-16(12-8-14)22(27)28/h5-12,17-18H,1-4H2. The molecular formula is C20H18N2O8. The Kier molecular flexibility index (Phi) is 6.35. The van der Waals surface area contributed by atoms with Crippen LogP contribution in [0.1, 0.15) is 46.4 Å². The monoisotopic (exact) mass is 414 g/mol. The van der Waals surface area contributed by atoms with Gasteiger partial charge in [-0.1, -0.05) is 0 Å². The van der Waals surface area contributed by atoms with E-state index in [2.05, 4.69) is 0 Å². The molecule has 0 spiro atoms. The summed E-state index contributed by atoms with van der Waals surface area (Å²) >= 11 is 0. The molecule has 0 bridgehead atoms. The summed E-state index contributed by atoms with van der Waals surface area (Å²) in [7, 11) is 0. The van der Waals surface area contributed by atoms with Crippen LogP contribution in [-0.4, -0.2) is 34.0 Å². The van der Waals surface area contributed by atoms with E-state index in [1.807, 2.05) is 0 Å². The van der Waals surface area contributed by atoms with E-state index in [9.17, 15) is 29.8 Å². The van der Waals surface area contributed by atoms with Gasteiger partial charge in [0, 0.05) is 24.3 Å². The van der Waals surface area contributed by atoms with Crippen LogP contribution in [0.4, 0.5) is 11.4 Å². The molecule has 1 fully saturated rings. The van der Waals surface area contributed by atoms with E-state index in [4.69, 9.17) is 9.47 Å². The Hall–Kier alpha value is -3.82. The minimum absolute atomic E-state index is 0.140. The Balaban J connectivity index is 1.65. The van der Waals surface area contributed by atoms with Crippen molar-refractivity contribution in [2.75, 3.05) is 0 Å². The summed E-state index contributed by atoms with van der Waals surface area (Å²) in [5.74, 6) is -1.32. The van der Waals surface area contributed by atoms with Crippen molar-refractivity contribution in [1.29, 1.82) is 0 Å². The summed E-state index contributed by atoms with van der Waals surface area (Å²) in [6, 6.07) is 10.1. The fourth-order valence-corrected chi connectivity index (χ4v) is 3.18. The first kappa shape index (κ1) is 20.9. The van der Waals surface area contributed by atoms with Crippen LogP contribution in [-0.2, 0) is 9.47 Å². The molecule has 1 aliphatic rings. The van der Waals surface area contributed by atoms with Crippen LogP contribution in [0.15, 0.2) is 48.5 Å². The third-order valence-electron chi connectivity index (χ3n) is 4.79. The number of carbonyl (C=O) groups excluding carboxylic acids is 2. The van der Waals surface area contributed by atoms with E-state index in [0.717, 1.165) is 12.8 Å². The first-order valence-electron chi connectivity index (χ1n) is 9.26. The fraction of sp³-hybridized carbons (Fsp3) is 0.300. The molecule has 3 rings (SSSR count). The van der Waals surface area contributed by atoms with Crippen LogP contribution in [0.5, 0.6) is 0 Å². The highest BCUT2D eigenvalue weighted by Crippen LogP contribution is 2.26. The van der Waals surface area contributed by atoms with Gasteiger partial charge in [0.05, 0.1) is 21.0 Å². The maximum atomic E-state index is 12.4. The number of nitrogens with zero attached hydrogens (tertiary/aromatic N) is 2. The second kappa shape index (κ2) is 9.12. The van der Waals surface area contributed by atoms with Crippen LogP contribution >= 0.6 is 0 Å². The molecule has 10 heteroatoms. The lowest BCUT2D eigenvalue weighted by atomic mass is 9.94. The molecule has 0 aromatic heterocycles. The van der Waals surface area contributed by atoms with Crippen LogP contribution < -0.4 is 0 Å². The zero-order valence-corrected chi connectivity index (χ0v) is 15.8. The third-order valence-corrected chi connectivity index (χ3v) is 4.79. The summed E-state index contributed by atoms with van der Waals surface area (Å²) in [5, 5.41) is 21.4. The minimum atomic E-state index is -0.659. The molecule has 156 valence electrons. The zero-order valence-electron chi connectivity index (χ0n) is 15.8. The number of hydrogen-bond donors (Lipinski definition) is 0. The molecule has 1 saturated carbocycles. The number of ether oxygens (including phenoxy) is 2. The Morgan fingerprint density at radius 1 is 0.700 bits per heavy atom. The van der Waals surface area contributed by atoms with Crippen molar-refractivity contribution in [2.24, 2.45) is 0 Å². The van der Waals surface area contributed by atoms with Gasteiger partial charge < -0.3 is 9.47 Å². The summed E-state index contributed by atoms with van der Waals surface area (Å²) in [4.78, 5) is 45.1. The van der Waals surface area contributed by atoms with E-state index in [1.54, 1.807) is 0 Å². The highest BCUT2D eigenvalue weighted by Gasteiger charge is 2.32. The molecule has 0 radical (unpaired) electrons. The first-order chi connectivity index (χ1) is 14.3. The molecule has 2 aromatic rings. The van der Waals surface area contributed by atoms with Crippen LogP contribution in [0, 0.1) is 20.2 Å². The van der Waals surface area contributed by atoms with Crippen LogP contribution in [0.2, 0.25) is 0 Å². The van der Waals surface area contributed by atoms with Gasteiger partial charge in [-0.2, -0.15) is 0 Å². The van der Waals surface area contributed by atoms with Gasteiger partial charge in [0.15, 0.2) is 0 Å². The van der Waals surface area contributed by atoms with Crippen molar-refractivity contribution in [3.05, 3.63) is 79.9 Å². The molecule has 0 saturated heterocycles. The van der Waals surface area contributed by atoms with E-state index < -0.39 is 34.0 Å². The largest absolute Gasteiger partial charge is 0.455 e. The smallest absolute Gasteiger partial charge is 0.338 e. The number of nitro groups is 2. The van der Waals surface area contributed by atoms with E-state index >= 15 is 0 Å². The molecule has 30 heavy (non-hydrogen) atoms. The summed E-state index contributed by atoms with van der Waals surface area (Å²) in [6.07, 6.45) is 1.31. The average Bonchev–Trinajstić information content (AvgIpc) is 2.75. The molecule has 0 amide bonds. The van der Waals surface area contributed by atoms with Gasteiger partial charge in [-0.25, -0.2) is 9.59 Å². The molecular weight excluding hydrogens is 396 g/mol. The van der Waals surface area contributed by atoms with Crippen LogP contribution in [0.3, 0.4) is 0 Å². The third kappa shape index (κ3) is 4.96. The topological polar surface area (TPSA) is 139 Å². The second-order valence-electron chi connectivity index (χ2n) is 6.78. The molecule has 0 heterocycles. The lowest BCUT2D eigenvalue weighted by Gasteiger charge is -2.30. The van der Waals surface area contributed by atoms with E-state index in [0.29, 0.717) is 12.8 Å². The van der Waals surface area contributed by atoms with E-state index in [-0.39, 0.29) is 22.5 Å². The van der Waals surface area contributed by atoms with Crippen molar-refractivity contribution >= 4 is 23.3 Å².